The van der Waals surface area contributed by atoms with Crippen LogP contribution < -0.4 is 5.46 Å². The van der Waals surface area contributed by atoms with E-state index < -0.39 is 0 Å². The molecule has 0 saturated carbocycles. The minimum atomic E-state index is 0.681. The van der Waals surface area contributed by atoms with Crippen molar-refractivity contribution in [2.24, 2.45) is 0 Å². The van der Waals surface area contributed by atoms with Gasteiger partial charge in [0, 0.05) is 5.75 Å². The Hall–Kier alpha value is -0.405. The summed E-state index contributed by atoms with van der Waals surface area (Å²) < 4.78 is 8.51. The Balaban J connectivity index is 2.69. The second-order valence-corrected chi connectivity index (χ2v) is 2.81. The van der Waals surface area contributed by atoms with E-state index in [4.69, 9.17) is 4.55 Å². The third kappa shape index (κ3) is 2.08. The molecule has 0 radical (unpaired) electrons. The molecule has 0 amide bonds. The molecule has 1 nitrogen and oxygen atoms in total. The van der Waals surface area contributed by atoms with Crippen LogP contribution in [0.25, 0.3) is 0 Å². The quantitative estimate of drug-likeness (QED) is 0.496. The zero-order valence-corrected chi connectivity index (χ0v) is 6.69. The standard InChI is InChI=1S/C7H9BOS/c8-7-3-1-6(2-4-7)5-10-9/h1-4,9H,5,8H2. The summed E-state index contributed by atoms with van der Waals surface area (Å²) in [7, 11) is 2.05. The van der Waals surface area contributed by atoms with Crippen LogP contribution in [0.4, 0.5) is 0 Å². The largest absolute Gasteiger partial charge is 0.330 e. The fraction of sp³-hybridized carbons (Fsp3) is 0.143. The summed E-state index contributed by atoms with van der Waals surface area (Å²) in [6.07, 6.45) is 0. The maximum atomic E-state index is 8.51. The molecular formula is C7H9BOS. The molecule has 10 heavy (non-hydrogen) atoms. The number of hydrogen-bond donors (Lipinski definition) is 1. The number of rotatable bonds is 2. The van der Waals surface area contributed by atoms with Crippen LogP contribution in [0.15, 0.2) is 24.3 Å². The summed E-state index contributed by atoms with van der Waals surface area (Å²) in [5, 5.41) is 0. The van der Waals surface area contributed by atoms with Crippen molar-refractivity contribution in [1.29, 1.82) is 0 Å². The predicted molar refractivity (Wildman–Crippen MR) is 48.5 cm³/mol. The highest BCUT2D eigenvalue weighted by Gasteiger charge is 1.89. The van der Waals surface area contributed by atoms with Crippen LogP contribution in [0.5, 0.6) is 0 Å². The molecule has 52 valence electrons. The number of hydrogen-bond acceptors (Lipinski definition) is 2. The molecule has 1 aromatic carbocycles. The molecule has 3 heteroatoms. The normalized spacial score (nSPS) is 9.70. The third-order valence-electron chi connectivity index (χ3n) is 1.35. The van der Waals surface area contributed by atoms with E-state index in [0.29, 0.717) is 5.75 Å². The molecule has 0 aliphatic heterocycles. The smallest absolute Gasteiger partial charge is 0.139 e. The molecule has 0 atom stereocenters. The average Bonchev–Trinajstić information content (AvgIpc) is 1.95. The van der Waals surface area contributed by atoms with Gasteiger partial charge >= 0.3 is 0 Å². The Kier molecular flexibility index (Phi) is 2.84. The van der Waals surface area contributed by atoms with Gasteiger partial charge in [0.25, 0.3) is 0 Å². The van der Waals surface area contributed by atoms with Gasteiger partial charge in [0.15, 0.2) is 0 Å². The van der Waals surface area contributed by atoms with Gasteiger partial charge < -0.3 is 4.55 Å². The first kappa shape index (κ1) is 7.70. The van der Waals surface area contributed by atoms with E-state index >= 15 is 0 Å². The molecule has 1 aromatic rings. The Morgan fingerprint density at radius 3 is 2.40 bits per heavy atom. The molecule has 0 heterocycles. The maximum Gasteiger partial charge on any atom is 0.139 e. The first-order chi connectivity index (χ1) is 4.83. The van der Waals surface area contributed by atoms with E-state index in [0.717, 1.165) is 17.6 Å². The highest BCUT2D eigenvalue weighted by molar-refractivity contribution is 7.92. The fourth-order valence-corrected chi connectivity index (χ4v) is 1.10. The summed E-state index contributed by atoms with van der Waals surface area (Å²) in [6.45, 7) is 0. The molecular weight excluding hydrogens is 143 g/mol. The Morgan fingerprint density at radius 2 is 1.90 bits per heavy atom. The number of benzene rings is 1. The lowest BCUT2D eigenvalue weighted by Gasteiger charge is -1.96. The summed E-state index contributed by atoms with van der Waals surface area (Å²) in [5.74, 6) is 0.681. The average molecular weight is 152 g/mol. The van der Waals surface area contributed by atoms with Crippen LogP contribution in [0.1, 0.15) is 5.56 Å². The van der Waals surface area contributed by atoms with Gasteiger partial charge in [-0.05, 0) is 17.6 Å². The van der Waals surface area contributed by atoms with Gasteiger partial charge in [-0.1, -0.05) is 29.7 Å². The van der Waals surface area contributed by atoms with Crippen LogP contribution >= 0.6 is 12.0 Å². The summed E-state index contributed by atoms with van der Waals surface area (Å²) >= 11 is 0.861. The van der Waals surface area contributed by atoms with Crippen LogP contribution in [-0.4, -0.2) is 12.4 Å². The lowest BCUT2D eigenvalue weighted by atomic mass is 9.96. The van der Waals surface area contributed by atoms with Crippen molar-refractivity contribution in [2.75, 3.05) is 0 Å². The van der Waals surface area contributed by atoms with Crippen LogP contribution in [0, 0.1) is 0 Å². The van der Waals surface area contributed by atoms with E-state index in [2.05, 4.69) is 7.85 Å². The van der Waals surface area contributed by atoms with Crippen molar-refractivity contribution >= 4 is 25.4 Å². The van der Waals surface area contributed by atoms with Crippen molar-refractivity contribution < 1.29 is 4.55 Å². The highest BCUT2D eigenvalue weighted by atomic mass is 32.2. The summed E-state index contributed by atoms with van der Waals surface area (Å²) in [6, 6.07) is 8.15. The van der Waals surface area contributed by atoms with Crippen LogP contribution in [0.3, 0.4) is 0 Å². The molecule has 0 fully saturated rings. The van der Waals surface area contributed by atoms with Gasteiger partial charge in [-0.2, -0.15) is 0 Å². The molecule has 0 aliphatic carbocycles. The Morgan fingerprint density at radius 1 is 1.30 bits per heavy atom. The van der Waals surface area contributed by atoms with E-state index in [-0.39, 0.29) is 0 Å². The van der Waals surface area contributed by atoms with Crippen molar-refractivity contribution in [3.63, 3.8) is 0 Å². The minimum Gasteiger partial charge on any atom is -0.330 e. The molecule has 1 N–H and O–H groups in total. The lowest BCUT2D eigenvalue weighted by molar-refractivity contribution is 0.663. The maximum absolute atomic E-state index is 8.51. The van der Waals surface area contributed by atoms with Gasteiger partial charge in [0.2, 0.25) is 0 Å². The van der Waals surface area contributed by atoms with E-state index in [1.165, 1.54) is 5.46 Å². The molecule has 0 bridgehead atoms. The van der Waals surface area contributed by atoms with Gasteiger partial charge in [-0.15, -0.1) is 0 Å². The summed E-state index contributed by atoms with van der Waals surface area (Å²) in [4.78, 5) is 0. The van der Waals surface area contributed by atoms with Gasteiger partial charge in [0.05, 0.1) is 0 Å². The Bertz CT molecular complexity index is 197. The van der Waals surface area contributed by atoms with E-state index in [1.807, 2.05) is 24.3 Å². The molecule has 0 saturated heterocycles. The SMILES string of the molecule is Bc1ccc(CSO)cc1. The molecule has 0 unspecified atom stereocenters. The molecule has 0 spiro atoms. The second-order valence-electron chi connectivity index (χ2n) is 2.26. The van der Waals surface area contributed by atoms with Gasteiger partial charge in [-0.25, -0.2) is 0 Å². The van der Waals surface area contributed by atoms with Crippen molar-refractivity contribution in [1.82, 2.24) is 0 Å². The molecule has 0 aromatic heterocycles. The van der Waals surface area contributed by atoms with Crippen molar-refractivity contribution in [3.05, 3.63) is 29.8 Å². The first-order valence-corrected chi connectivity index (χ1v) is 4.09. The van der Waals surface area contributed by atoms with Gasteiger partial charge in [0.1, 0.15) is 7.85 Å². The minimum absolute atomic E-state index is 0.681. The molecule has 1 rings (SSSR count). The van der Waals surface area contributed by atoms with Crippen molar-refractivity contribution in [3.8, 4) is 0 Å². The lowest BCUT2D eigenvalue weighted by Crippen LogP contribution is -1.99. The van der Waals surface area contributed by atoms with Crippen LogP contribution in [0.2, 0.25) is 0 Å². The second kappa shape index (κ2) is 3.69. The fourth-order valence-electron chi connectivity index (χ4n) is 0.759. The van der Waals surface area contributed by atoms with Crippen LogP contribution in [-0.2, 0) is 5.75 Å². The summed E-state index contributed by atoms with van der Waals surface area (Å²) in [5.41, 5.74) is 2.42. The molecule has 0 aliphatic rings. The van der Waals surface area contributed by atoms with Gasteiger partial charge in [-0.3, -0.25) is 0 Å². The first-order valence-electron chi connectivity index (χ1n) is 3.15. The van der Waals surface area contributed by atoms with E-state index in [9.17, 15) is 0 Å². The zero-order valence-electron chi connectivity index (χ0n) is 5.87. The van der Waals surface area contributed by atoms with Crippen molar-refractivity contribution in [2.45, 2.75) is 5.75 Å². The monoisotopic (exact) mass is 152 g/mol. The van der Waals surface area contributed by atoms with E-state index in [1.54, 1.807) is 0 Å². The predicted octanol–water partition coefficient (Wildman–Crippen LogP) is 0.651. The third-order valence-corrected chi connectivity index (χ3v) is 1.81. The highest BCUT2D eigenvalue weighted by Crippen LogP contribution is 2.05. The Labute approximate surface area is 66.1 Å². The topological polar surface area (TPSA) is 20.2 Å². The zero-order chi connectivity index (χ0) is 7.40.